The van der Waals surface area contributed by atoms with Gasteiger partial charge in [-0.1, -0.05) is 95.3 Å². The predicted octanol–water partition coefficient (Wildman–Crippen LogP) is 7.93. The van der Waals surface area contributed by atoms with Crippen LogP contribution in [-0.2, 0) is 0 Å². The number of unbranched alkanes of at least 4 members (excludes halogenated alkanes) is 11. The SMILES string of the molecule is CCCCCCCCCCCCCCC1=CCC(=[N+]=[N-])C=C1.F[B-](F)(F)F. The molecule has 7 heteroatoms. The minimum atomic E-state index is -6.00. The largest absolute Gasteiger partial charge is 0.673 e. The summed E-state index contributed by atoms with van der Waals surface area (Å²) in [6, 6.07) is 0. The molecule has 0 unspecified atom stereocenters. The molecule has 0 aliphatic heterocycles. The number of rotatable bonds is 13. The molecule has 0 heterocycles. The molecule has 0 saturated carbocycles. The van der Waals surface area contributed by atoms with E-state index >= 15 is 0 Å². The Labute approximate surface area is 161 Å². The van der Waals surface area contributed by atoms with Crippen LogP contribution in [0, 0.1) is 0 Å². The number of hydrogen-bond acceptors (Lipinski definition) is 0. The van der Waals surface area contributed by atoms with Crippen molar-refractivity contribution in [1.82, 2.24) is 0 Å². The average molecular weight is 389 g/mol. The summed E-state index contributed by atoms with van der Waals surface area (Å²) in [5.41, 5.74) is 10.8. The molecule has 0 radical (unpaired) electrons. The maximum Gasteiger partial charge on any atom is 0.673 e. The van der Waals surface area contributed by atoms with Crippen molar-refractivity contribution >= 4 is 13.0 Å². The van der Waals surface area contributed by atoms with Gasteiger partial charge in [0.25, 0.3) is 5.71 Å². The lowest BCUT2D eigenvalue weighted by Crippen LogP contribution is -2.02. The van der Waals surface area contributed by atoms with Gasteiger partial charge < -0.3 is 22.8 Å². The van der Waals surface area contributed by atoms with Crippen LogP contribution in [0.15, 0.2) is 23.8 Å². The van der Waals surface area contributed by atoms with Gasteiger partial charge in [-0.3, -0.25) is 0 Å². The Bertz CT molecular complexity index is 475. The summed E-state index contributed by atoms with van der Waals surface area (Å²) in [6.07, 6.45) is 25.0. The minimum Gasteiger partial charge on any atom is -0.418 e. The molecule has 0 fully saturated rings. The van der Waals surface area contributed by atoms with Crippen molar-refractivity contribution in [3.8, 4) is 0 Å². The van der Waals surface area contributed by atoms with E-state index in [4.69, 9.17) is 5.53 Å². The Morgan fingerprint density at radius 2 is 1.26 bits per heavy atom. The summed E-state index contributed by atoms with van der Waals surface area (Å²) < 4.78 is 39.0. The third-order valence-corrected chi connectivity index (χ3v) is 4.51. The maximum absolute atomic E-state index is 9.75. The molecule has 0 aromatic rings. The zero-order valence-electron chi connectivity index (χ0n) is 16.6. The molecule has 0 bridgehead atoms. The van der Waals surface area contributed by atoms with Gasteiger partial charge in [0, 0.05) is 6.08 Å². The zero-order chi connectivity index (χ0) is 20.4. The van der Waals surface area contributed by atoms with E-state index in [1.54, 1.807) is 0 Å². The monoisotopic (exact) mass is 389 g/mol. The van der Waals surface area contributed by atoms with Crippen LogP contribution >= 0.6 is 0 Å². The quantitative estimate of drug-likeness (QED) is 0.101. The van der Waals surface area contributed by atoms with Crippen LogP contribution in [0.5, 0.6) is 0 Å². The van der Waals surface area contributed by atoms with Crippen molar-refractivity contribution in [3.05, 3.63) is 29.3 Å². The Morgan fingerprint density at radius 1 is 0.815 bits per heavy atom. The van der Waals surface area contributed by atoms with Gasteiger partial charge in [-0.15, -0.1) is 0 Å². The van der Waals surface area contributed by atoms with Crippen LogP contribution in [0.1, 0.15) is 96.8 Å². The van der Waals surface area contributed by atoms with Crippen molar-refractivity contribution in [2.45, 2.75) is 96.8 Å². The highest BCUT2D eigenvalue weighted by atomic mass is 19.5. The van der Waals surface area contributed by atoms with Gasteiger partial charge in [-0.25, -0.2) is 0 Å². The van der Waals surface area contributed by atoms with Gasteiger partial charge in [0.1, 0.15) is 0 Å². The third-order valence-electron chi connectivity index (χ3n) is 4.51. The van der Waals surface area contributed by atoms with E-state index in [0.29, 0.717) is 0 Å². The van der Waals surface area contributed by atoms with Crippen molar-refractivity contribution in [3.63, 3.8) is 0 Å². The average Bonchev–Trinajstić information content (AvgIpc) is 2.62. The van der Waals surface area contributed by atoms with Crippen molar-refractivity contribution in [2.24, 2.45) is 0 Å². The molecule has 0 aromatic carbocycles. The first-order valence-corrected chi connectivity index (χ1v) is 10.3. The first-order valence-electron chi connectivity index (χ1n) is 10.3. The van der Waals surface area contributed by atoms with Crippen LogP contribution in [-0.4, -0.2) is 17.8 Å². The van der Waals surface area contributed by atoms with Crippen LogP contribution < -0.4 is 0 Å². The Hall–Kier alpha value is -1.36. The molecule has 2 nitrogen and oxygen atoms in total. The Kier molecular flexibility index (Phi) is 15.9. The molecule has 1 rings (SSSR count). The number of allylic oxidation sites excluding steroid dienone is 4. The second-order valence-corrected chi connectivity index (χ2v) is 7.04. The summed E-state index contributed by atoms with van der Waals surface area (Å²) in [5, 5.41) is 0. The fourth-order valence-corrected chi connectivity index (χ4v) is 3.00. The third kappa shape index (κ3) is 20.8. The van der Waals surface area contributed by atoms with Gasteiger partial charge in [0.2, 0.25) is 0 Å². The first kappa shape index (κ1) is 25.6. The van der Waals surface area contributed by atoms with Gasteiger partial charge in [-0.05, 0) is 12.8 Å². The first-order chi connectivity index (χ1) is 12.9. The van der Waals surface area contributed by atoms with Crippen molar-refractivity contribution in [1.29, 1.82) is 0 Å². The molecule has 0 aromatic heterocycles. The lowest BCUT2D eigenvalue weighted by Gasteiger charge is -2.05. The fourth-order valence-electron chi connectivity index (χ4n) is 3.00. The van der Waals surface area contributed by atoms with E-state index in [2.05, 4.69) is 23.9 Å². The molecular formula is C20H34BF4N2-. The van der Waals surface area contributed by atoms with Crippen LogP contribution in [0.4, 0.5) is 17.3 Å². The smallest absolute Gasteiger partial charge is 0.418 e. The van der Waals surface area contributed by atoms with Crippen LogP contribution in [0.25, 0.3) is 5.53 Å². The van der Waals surface area contributed by atoms with Crippen molar-refractivity contribution < 1.29 is 22.1 Å². The van der Waals surface area contributed by atoms with Crippen molar-refractivity contribution in [2.75, 3.05) is 0 Å². The van der Waals surface area contributed by atoms with Gasteiger partial charge in [0.15, 0.2) is 0 Å². The highest BCUT2D eigenvalue weighted by Gasteiger charge is 2.20. The van der Waals surface area contributed by atoms with Gasteiger partial charge in [-0.2, -0.15) is 4.79 Å². The maximum atomic E-state index is 9.75. The molecule has 0 N–H and O–H groups in total. The van der Waals surface area contributed by atoms with E-state index < -0.39 is 7.25 Å². The highest BCUT2D eigenvalue weighted by Crippen LogP contribution is 2.17. The Morgan fingerprint density at radius 3 is 1.63 bits per heavy atom. The predicted molar refractivity (Wildman–Crippen MR) is 106 cm³/mol. The van der Waals surface area contributed by atoms with E-state index in [9.17, 15) is 17.3 Å². The molecule has 0 amide bonds. The second-order valence-electron chi connectivity index (χ2n) is 7.04. The lowest BCUT2D eigenvalue weighted by molar-refractivity contribution is -0.00541. The zero-order valence-corrected chi connectivity index (χ0v) is 16.6. The molecule has 1 aliphatic rings. The number of hydrogen-bond donors (Lipinski definition) is 0. The van der Waals surface area contributed by atoms with Crippen LogP contribution in [0.2, 0.25) is 0 Å². The fraction of sp³-hybridized carbons (Fsp3) is 0.750. The molecule has 0 spiro atoms. The molecule has 0 saturated heterocycles. The van der Waals surface area contributed by atoms with Crippen LogP contribution in [0.3, 0.4) is 0 Å². The number of halogens is 4. The minimum absolute atomic E-state index is 0.762. The van der Waals surface area contributed by atoms with E-state index in [1.807, 2.05) is 6.08 Å². The van der Waals surface area contributed by atoms with E-state index in [-0.39, 0.29) is 0 Å². The summed E-state index contributed by atoms with van der Waals surface area (Å²) in [5.74, 6) is 0. The Balaban J connectivity index is 0.00000119. The lowest BCUT2D eigenvalue weighted by atomic mass is 9.99. The topological polar surface area (TPSA) is 36.4 Å². The highest BCUT2D eigenvalue weighted by molar-refractivity contribution is 6.50. The molecule has 1 aliphatic carbocycles. The summed E-state index contributed by atoms with van der Waals surface area (Å²) in [6.45, 7) is 2.28. The van der Waals surface area contributed by atoms with E-state index in [0.717, 1.165) is 12.1 Å². The number of nitrogens with zero attached hydrogens (tertiary/aromatic N) is 2. The van der Waals surface area contributed by atoms with E-state index in [1.165, 1.54) is 89.0 Å². The summed E-state index contributed by atoms with van der Waals surface area (Å²) in [7, 11) is -6.00. The summed E-state index contributed by atoms with van der Waals surface area (Å²) >= 11 is 0. The molecular weight excluding hydrogens is 355 g/mol. The molecule has 0 atom stereocenters. The second kappa shape index (κ2) is 16.8. The standard InChI is InChI=1S/C20H34N2.BF4/c1-2-3-4-5-6-7-8-9-10-11-12-13-14-19-15-17-20(22-21)18-16-19;2-1(3,4)5/h15-17H,2-14,18H2,1H3;/q;-1. The molecule has 27 heavy (non-hydrogen) atoms. The normalized spacial score (nSPS) is 13.7. The van der Waals surface area contributed by atoms with Gasteiger partial charge in [0.05, 0.1) is 6.42 Å². The molecule has 156 valence electrons. The van der Waals surface area contributed by atoms with Gasteiger partial charge >= 0.3 is 7.25 Å². The summed E-state index contributed by atoms with van der Waals surface area (Å²) in [4.78, 5) is 3.23.